The molecule has 1 aliphatic carbocycles. The largest absolute Gasteiger partial charge is 0.323 e. The third-order valence-corrected chi connectivity index (χ3v) is 5.93. The number of thiazole rings is 1. The summed E-state index contributed by atoms with van der Waals surface area (Å²) >= 11 is 1.46. The second-order valence-corrected chi connectivity index (χ2v) is 8.06. The Morgan fingerprint density at radius 1 is 1.53 bits per heavy atom. The van der Waals surface area contributed by atoms with Crippen LogP contribution in [-0.2, 0) is 15.6 Å². The van der Waals surface area contributed by atoms with Gasteiger partial charge in [-0.25, -0.2) is 13.4 Å². The van der Waals surface area contributed by atoms with E-state index in [0.717, 1.165) is 23.4 Å². The van der Waals surface area contributed by atoms with E-state index in [0.29, 0.717) is 10.9 Å². The summed E-state index contributed by atoms with van der Waals surface area (Å²) in [4.78, 5) is 5.55. The standard InChI is InChI=1S/C11H18N2O2S2/c1-3-17(14,15)6-9-13-10(8-4-5-8)11(16-9)7(2)12/h7-8H,3-6,12H2,1-2H3. The van der Waals surface area contributed by atoms with Gasteiger partial charge in [0.05, 0.1) is 5.69 Å². The molecule has 1 aromatic heterocycles. The van der Waals surface area contributed by atoms with Crippen LogP contribution in [0.5, 0.6) is 0 Å². The molecule has 17 heavy (non-hydrogen) atoms. The molecule has 1 heterocycles. The van der Waals surface area contributed by atoms with Crippen LogP contribution in [0.4, 0.5) is 0 Å². The van der Waals surface area contributed by atoms with E-state index < -0.39 is 9.84 Å². The average Bonchev–Trinajstić information content (AvgIpc) is 3.00. The van der Waals surface area contributed by atoms with Crippen LogP contribution in [0, 0.1) is 0 Å². The minimum Gasteiger partial charge on any atom is -0.323 e. The number of hydrogen-bond acceptors (Lipinski definition) is 5. The first-order chi connectivity index (χ1) is 7.93. The van der Waals surface area contributed by atoms with Crippen LogP contribution in [0.3, 0.4) is 0 Å². The number of hydrogen-bond donors (Lipinski definition) is 1. The molecule has 0 saturated heterocycles. The van der Waals surface area contributed by atoms with Crippen LogP contribution in [0.25, 0.3) is 0 Å². The second-order valence-electron chi connectivity index (χ2n) is 4.60. The molecule has 1 saturated carbocycles. The van der Waals surface area contributed by atoms with Crippen LogP contribution >= 0.6 is 11.3 Å². The summed E-state index contributed by atoms with van der Waals surface area (Å²) in [5.41, 5.74) is 6.96. The Labute approximate surface area is 106 Å². The molecule has 1 aromatic rings. The predicted octanol–water partition coefficient (Wildman–Crippen LogP) is 1.97. The molecule has 2 N–H and O–H groups in total. The molecule has 0 radical (unpaired) electrons. The van der Waals surface area contributed by atoms with Gasteiger partial charge in [-0.05, 0) is 19.8 Å². The van der Waals surface area contributed by atoms with E-state index in [1.165, 1.54) is 11.3 Å². The molecule has 2 rings (SSSR count). The third-order valence-electron chi connectivity index (χ3n) is 2.89. The van der Waals surface area contributed by atoms with Gasteiger partial charge in [-0.15, -0.1) is 11.3 Å². The van der Waals surface area contributed by atoms with Crippen LogP contribution in [0.1, 0.15) is 54.2 Å². The van der Waals surface area contributed by atoms with E-state index in [1.807, 2.05) is 6.92 Å². The van der Waals surface area contributed by atoms with Crippen molar-refractivity contribution >= 4 is 21.2 Å². The fourth-order valence-electron chi connectivity index (χ4n) is 1.72. The molecule has 0 aliphatic heterocycles. The lowest BCUT2D eigenvalue weighted by Crippen LogP contribution is -2.06. The second kappa shape index (κ2) is 4.66. The maximum absolute atomic E-state index is 11.6. The number of sulfone groups is 1. The van der Waals surface area contributed by atoms with Gasteiger partial charge < -0.3 is 5.73 Å². The van der Waals surface area contributed by atoms with Crippen molar-refractivity contribution in [3.63, 3.8) is 0 Å². The van der Waals surface area contributed by atoms with Gasteiger partial charge in [0.2, 0.25) is 0 Å². The molecule has 6 heteroatoms. The first-order valence-electron chi connectivity index (χ1n) is 5.88. The van der Waals surface area contributed by atoms with Gasteiger partial charge >= 0.3 is 0 Å². The van der Waals surface area contributed by atoms with E-state index in [9.17, 15) is 8.42 Å². The molecule has 0 bridgehead atoms. The van der Waals surface area contributed by atoms with Crippen molar-refractivity contribution in [2.45, 2.75) is 44.4 Å². The Kier molecular flexibility index (Phi) is 3.56. The van der Waals surface area contributed by atoms with Crippen LogP contribution in [0.15, 0.2) is 0 Å². The van der Waals surface area contributed by atoms with Gasteiger partial charge in [0, 0.05) is 22.6 Å². The minimum atomic E-state index is -3.00. The van der Waals surface area contributed by atoms with Gasteiger partial charge in [-0.1, -0.05) is 6.92 Å². The Morgan fingerprint density at radius 3 is 2.65 bits per heavy atom. The zero-order chi connectivity index (χ0) is 12.6. The van der Waals surface area contributed by atoms with E-state index in [1.54, 1.807) is 6.92 Å². The number of nitrogens with zero attached hydrogens (tertiary/aromatic N) is 1. The summed E-state index contributed by atoms with van der Waals surface area (Å²) in [6.07, 6.45) is 2.31. The highest BCUT2D eigenvalue weighted by Crippen LogP contribution is 2.44. The maximum Gasteiger partial charge on any atom is 0.156 e. The summed E-state index contributed by atoms with van der Waals surface area (Å²) in [5, 5.41) is 0.695. The van der Waals surface area contributed by atoms with E-state index >= 15 is 0 Å². The minimum absolute atomic E-state index is 0.0545. The normalized spacial score (nSPS) is 18.3. The van der Waals surface area contributed by atoms with Crippen LogP contribution in [0.2, 0.25) is 0 Å². The van der Waals surface area contributed by atoms with Crippen LogP contribution < -0.4 is 5.73 Å². The summed E-state index contributed by atoms with van der Waals surface area (Å²) in [6, 6.07) is -0.0545. The third kappa shape index (κ3) is 3.05. The lowest BCUT2D eigenvalue weighted by Gasteiger charge is -2.02. The van der Waals surface area contributed by atoms with Gasteiger partial charge in [0.25, 0.3) is 0 Å². The molecular formula is C11H18N2O2S2. The molecule has 0 aromatic carbocycles. The van der Waals surface area contributed by atoms with Crippen molar-refractivity contribution in [3.05, 3.63) is 15.6 Å². The van der Waals surface area contributed by atoms with Gasteiger partial charge in [-0.3, -0.25) is 0 Å². The van der Waals surface area contributed by atoms with Crippen molar-refractivity contribution in [1.82, 2.24) is 4.98 Å². The molecule has 4 nitrogen and oxygen atoms in total. The van der Waals surface area contributed by atoms with Crippen molar-refractivity contribution in [1.29, 1.82) is 0 Å². The van der Waals surface area contributed by atoms with Crippen molar-refractivity contribution in [2.75, 3.05) is 5.75 Å². The van der Waals surface area contributed by atoms with Gasteiger partial charge in [-0.2, -0.15) is 0 Å². The molecule has 0 spiro atoms. The highest BCUT2D eigenvalue weighted by molar-refractivity contribution is 7.90. The predicted molar refractivity (Wildman–Crippen MR) is 69.9 cm³/mol. The fraction of sp³-hybridized carbons (Fsp3) is 0.727. The quantitative estimate of drug-likeness (QED) is 0.891. The Morgan fingerprint density at radius 2 is 2.18 bits per heavy atom. The number of aromatic nitrogens is 1. The van der Waals surface area contributed by atoms with E-state index in [2.05, 4.69) is 4.98 Å². The van der Waals surface area contributed by atoms with Gasteiger partial charge in [0.15, 0.2) is 9.84 Å². The first kappa shape index (κ1) is 13.0. The lowest BCUT2D eigenvalue weighted by molar-refractivity contribution is 0.596. The summed E-state index contributed by atoms with van der Waals surface area (Å²) in [5.74, 6) is 0.741. The van der Waals surface area contributed by atoms with Crippen molar-refractivity contribution in [2.24, 2.45) is 5.73 Å². The highest BCUT2D eigenvalue weighted by Gasteiger charge is 2.31. The first-order valence-corrected chi connectivity index (χ1v) is 8.52. The molecule has 96 valence electrons. The molecule has 1 unspecified atom stereocenters. The Hall–Kier alpha value is -0.460. The Balaban J connectivity index is 2.27. The summed E-state index contributed by atoms with van der Waals surface area (Å²) < 4.78 is 23.2. The van der Waals surface area contributed by atoms with Crippen molar-refractivity contribution in [3.8, 4) is 0 Å². The molecule has 1 aliphatic rings. The Bertz CT molecular complexity index is 482. The van der Waals surface area contributed by atoms with Crippen LogP contribution in [-0.4, -0.2) is 19.2 Å². The zero-order valence-corrected chi connectivity index (χ0v) is 11.8. The summed E-state index contributed by atoms with van der Waals surface area (Å²) in [6.45, 7) is 3.59. The number of rotatable bonds is 5. The topological polar surface area (TPSA) is 73.0 Å². The summed E-state index contributed by atoms with van der Waals surface area (Å²) in [7, 11) is -3.00. The smallest absolute Gasteiger partial charge is 0.156 e. The average molecular weight is 274 g/mol. The molecule has 1 fully saturated rings. The molecule has 1 atom stereocenters. The lowest BCUT2D eigenvalue weighted by atomic mass is 10.2. The zero-order valence-electron chi connectivity index (χ0n) is 10.1. The van der Waals surface area contributed by atoms with Crippen molar-refractivity contribution < 1.29 is 8.42 Å². The number of nitrogens with two attached hydrogens (primary N) is 1. The monoisotopic (exact) mass is 274 g/mol. The molecular weight excluding hydrogens is 256 g/mol. The van der Waals surface area contributed by atoms with Gasteiger partial charge in [0.1, 0.15) is 10.8 Å². The van der Waals surface area contributed by atoms with E-state index in [-0.39, 0.29) is 17.5 Å². The highest BCUT2D eigenvalue weighted by atomic mass is 32.2. The fourth-order valence-corrected chi connectivity index (χ4v) is 4.04. The van der Waals surface area contributed by atoms with E-state index in [4.69, 9.17) is 5.73 Å². The maximum atomic E-state index is 11.6. The SMILES string of the molecule is CCS(=O)(=O)Cc1nc(C2CC2)c(C(C)N)s1. The molecule has 0 amide bonds.